The van der Waals surface area contributed by atoms with Crippen molar-refractivity contribution in [3.05, 3.63) is 62.9 Å². The summed E-state index contributed by atoms with van der Waals surface area (Å²) in [5.74, 6) is 0.639. The summed E-state index contributed by atoms with van der Waals surface area (Å²) in [7, 11) is 0. The largest absolute Gasteiger partial charge is 0.392 e. The molecule has 6 atom stereocenters. The average Bonchev–Trinajstić information content (AvgIpc) is 3.36. The summed E-state index contributed by atoms with van der Waals surface area (Å²) in [6, 6.07) is 6.26. The summed E-state index contributed by atoms with van der Waals surface area (Å²) in [4.78, 5) is 8.19. The van der Waals surface area contributed by atoms with Gasteiger partial charge in [-0.05, 0) is 48.3 Å². The molecule has 0 saturated heterocycles. The van der Waals surface area contributed by atoms with Crippen molar-refractivity contribution in [3.63, 3.8) is 0 Å². The zero-order valence-corrected chi connectivity index (χ0v) is 21.2. The van der Waals surface area contributed by atoms with Crippen LogP contribution >= 0.6 is 11.3 Å². The third kappa shape index (κ3) is 4.89. The van der Waals surface area contributed by atoms with Crippen LogP contribution in [0.1, 0.15) is 85.1 Å². The number of thiazole rings is 1. The number of hydrogen-bond acceptors (Lipinski definition) is 4. The van der Waals surface area contributed by atoms with E-state index in [2.05, 4.69) is 40.3 Å². The van der Waals surface area contributed by atoms with Gasteiger partial charge in [0.1, 0.15) is 0 Å². The Kier molecular flexibility index (Phi) is 8.64. The molecule has 1 radical (unpaired) electrons. The first kappa shape index (κ1) is 24.0. The number of aliphatic hydroxyl groups is 2. The van der Waals surface area contributed by atoms with Crippen LogP contribution in [0.25, 0.3) is 4.85 Å². The average molecular weight is 498 g/mol. The van der Waals surface area contributed by atoms with Gasteiger partial charge in [0.15, 0.2) is 0 Å². The van der Waals surface area contributed by atoms with Crippen molar-refractivity contribution in [2.45, 2.75) is 82.0 Å². The standard InChI is InChI=1S/C24H29N2O2S.Y/c1-3-15-8-10-21(27)17-9-7-16(13-19(15)17)24-18(20(25-2)14-22(24)28)5-4-6-23-26-11-12-29-23;/h7,9,11,13,15,18,20-22,24,27-28H,3-6,8,10,14H2,1H3;/q-1;/t15?,18?,20-,21?,22-,24?;/m1./s1. The van der Waals surface area contributed by atoms with E-state index in [9.17, 15) is 10.2 Å². The van der Waals surface area contributed by atoms with E-state index in [1.54, 1.807) is 17.5 Å². The summed E-state index contributed by atoms with van der Waals surface area (Å²) in [6.07, 6.45) is 7.14. The quantitative estimate of drug-likeness (QED) is 0.549. The second-order valence-corrected chi connectivity index (χ2v) is 9.45. The predicted molar refractivity (Wildman–Crippen MR) is 115 cm³/mol. The van der Waals surface area contributed by atoms with E-state index in [1.807, 2.05) is 0 Å². The molecule has 1 fully saturated rings. The van der Waals surface area contributed by atoms with Crippen LogP contribution in [0.4, 0.5) is 0 Å². The van der Waals surface area contributed by atoms with Crippen molar-refractivity contribution >= 4 is 11.3 Å². The number of aryl methyl sites for hydroxylation is 1. The maximum absolute atomic E-state index is 10.9. The SMILES string of the molecule is [C-]#[N+][C@@H]1C[C@@H](O)C(c2ccc3c(c2)C(CC)CCC3O)C1CCCc1nc[c-]s1.[Y]. The number of nitrogens with zero attached hydrogens (tertiary/aromatic N) is 2. The number of benzene rings is 1. The molecule has 2 aromatic rings. The molecular weight excluding hydrogens is 469 g/mol. The van der Waals surface area contributed by atoms with Crippen LogP contribution in [0, 0.1) is 17.9 Å². The summed E-state index contributed by atoms with van der Waals surface area (Å²) in [6.45, 7) is 9.86. The molecule has 1 saturated carbocycles. The molecule has 2 aliphatic carbocycles. The molecule has 2 N–H and O–H groups in total. The smallest absolute Gasteiger partial charge is 0.229 e. The number of rotatable bonds is 6. The van der Waals surface area contributed by atoms with Crippen molar-refractivity contribution in [1.82, 2.24) is 4.98 Å². The molecule has 4 nitrogen and oxygen atoms in total. The van der Waals surface area contributed by atoms with Crippen LogP contribution in [0.5, 0.6) is 0 Å². The van der Waals surface area contributed by atoms with E-state index < -0.39 is 6.10 Å². The summed E-state index contributed by atoms with van der Waals surface area (Å²) >= 11 is 1.56. The van der Waals surface area contributed by atoms with Gasteiger partial charge >= 0.3 is 0 Å². The Balaban J connectivity index is 0.00000256. The van der Waals surface area contributed by atoms with Crippen molar-refractivity contribution in [2.75, 3.05) is 0 Å². The summed E-state index contributed by atoms with van der Waals surface area (Å²) in [5.41, 5.74) is 3.44. The minimum atomic E-state index is -0.473. The zero-order chi connectivity index (χ0) is 20.4. The van der Waals surface area contributed by atoms with Gasteiger partial charge in [-0.15, -0.1) is 0 Å². The fourth-order valence-electron chi connectivity index (χ4n) is 5.46. The van der Waals surface area contributed by atoms with Crippen LogP contribution in [0.2, 0.25) is 0 Å². The molecule has 0 spiro atoms. The minimum Gasteiger partial charge on any atom is -0.392 e. The molecule has 4 rings (SSSR count). The van der Waals surface area contributed by atoms with Gasteiger partial charge in [-0.25, -0.2) is 6.57 Å². The molecule has 30 heavy (non-hydrogen) atoms. The van der Waals surface area contributed by atoms with Crippen LogP contribution < -0.4 is 0 Å². The fraction of sp³-hybridized carbons (Fsp3) is 0.583. The molecule has 0 aliphatic heterocycles. The molecule has 4 unspecified atom stereocenters. The number of fused-ring (bicyclic) bond motifs is 1. The van der Waals surface area contributed by atoms with E-state index in [4.69, 9.17) is 6.57 Å². The van der Waals surface area contributed by atoms with Crippen LogP contribution in [-0.2, 0) is 39.1 Å². The molecule has 1 aromatic heterocycles. The van der Waals surface area contributed by atoms with Crippen LogP contribution in [0.15, 0.2) is 24.4 Å². The maximum atomic E-state index is 10.9. The molecule has 1 aromatic carbocycles. The van der Waals surface area contributed by atoms with E-state index in [1.165, 1.54) is 5.56 Å². The van der Waals surface area contributed by atoms with Gasteiger partial charge < -0.3 is 31.4 Å². The number of aliphatic hydroxyl groups excluding tert-OH is 2. The Bertz CT molecular complexity index is 867. The third-order valence-corrected chi connectivity index (χ3v) is 7.73. The summed E-state index contributed by atoms with van der Waals surface area (Å²) in [5, 5.41) is 25.4. The maximum Gasteiger partial charge on any atom is 0.229 e. The van der Waals surface area contributed by atoms with Gasteiger partial charge in [0, 0.05) is 51.0 Å². The minimum absolute atomic E-state index is 0. The topological polar surface area (TPSA) is 57.7 Å². The Morgan fingerprint density at radius 1 is 1.27 bits per heavy atom. The van der Waals surface area contributed by atoms with Crippen molar-refractivity contribution in [1.29, 1.82) is 0 Å². The normalized spacial score (nSPS) is 30.3. The second kappa shape index (κ2) is 10.8. The van der Waals surface area contributed by atoms with Gasteiger partial charge in [-0.3, -0.25) is 0 Å². The van der Waals surface area contributed by atoms with Gasteiger partial charge in [-0.1, -0.05) is 49.2 Å². The van der Waals surface area contributed by atoms with Crippen molar-refractivity contribution in [2.24, 2.45) is 5.92 Å². The Hall–Kier alpha value is -0.636. The zero-order valence-electron chi connectivity index (χ0n) is 17.5. The van der Waals surface area contributed by atoms with Gasteiger partial charge in [0.25, 0.3) is 0 Å². The predicted octanol–water partition coefficient (Wildman–Crippen LogP) is 5.04. The van der Waals surface area contributed by atoms with Crippen molar-refractivity contribution < 1.29 is 42.9 Å². The van der Waals surface area contributed by atoms with E-state index in [0.717, 1.165) is 54.7 Å². The van der Waals surface area contributed by atoms with E-state index in [-0.39, 0.29) is 56.7 Å². The molecule has 0 amide bonds. The van der Waals surface area contributed by atoms with Gasteiger partial charge in [0.05, 0.1) is 12.2 Å². The van der Waals surface area contributed by atoms with Gasteiger partial charge in [-0.2, -0.15) is 5.38 Å². The first-order valence-electron chi connectivity index (χ1n) is 10.8. The second-order valence-electron chi connectivity index (χ2n) is 8.54. The fourth-order valence-corrected chi connectivity index (χ4v) is 6.05. The van der Waals surface area contributed by atoms with Crippen LogP contribution in [-0.4, -0.2) is 27.3 Å². The first-order chi connectivity index (χ1) is 14.1. The van der Waals surface area contributed by atoms with E-state index in [0.29, 0.717) is 12.3 Å². The Morgan fingerprint density at radius 3 is 2.80 bits per heavy atom. The molecule has 6 heteroatoms. The monoisotopic (exact) mass is 498 g/mol. The third-order valence-electron chi connectivity index (χ3n) is 6.96. The van der Waals surface area contributed by atoms with Gasteiger partial charge in [0.2, 0.25) is 6.04 Å². The van der Waals surface area contributed by atoms with Crippen LogP contribution in [0.3, 0.4) is 0 Å². The van der Waals surface area contributed by atoms with E-state index >= 15 is 0 Å². The Labute approximate surface area is 208 Å². The Morgan fingerprint density at radius 2 is 2.10 bits per heavy atom. The number of hydrogen-bond donors (Lipinski definition) is 2. The molecule has 2 aliphatic rings. The summed E-state index contributed by atoms with van der Waals surface area (Å²) < 4.78 is 0. The molecular formula is C24H29N2O2SY-. The first-order valence-corrected chi connectivity index (χ1v) is 11.6. The molecule has 157 valence electrons. The number of aromatic nitrogens is 1. The van der Waals surface area contributed by atoms with Crippen molar-refractivity contribution in [3.8, 4) is 0 Å². The molecule has 0 bridgehead atoms. The molecule has 1 heterocycles.